The molecule has 1 aliphatic heterocycles. The number of aromatic nitrogens is 2. The van der Waals surface area contributed by atoms with Crippen LogP contribution in [0.2, 0.25) is 0 Å². The number of hydrogen-bond acceptors (Lipinski definition) is 6. The summed E-state index contributed by atoms with van der Waals surface area (Å²) in [5, 5.41) is 15.2. The zero-order valence-electron chi connectivity index (χ0n) is 14.2. The van der Waals surface area contributed by atoms with E-state index in [4.69, 9.17) is 14.2 Å². The molecule has 0 aliphatic carbocycles. The van der Waals surface area contributed by atoms with Crippen LogP contribution in [-0.4, -0.2) is 47.2 Å². The van der Waals surface area contributed by atoms with E-state index in [2.05, 4.69) is 15.3 Å². The predicted molar refractivity (Wildman–Crippen MR) is 94.4 cm³/mol. The van der Waals surface area contributed by atoms with Gasteiger partial charge in [-0.2, -0.15) is 0 Å². The fraction of sp³-hybridized carbons (Fsp3) is 0.389. The monoisotopic (exact) mass is 343 g/mol. The molecule has 1 aromatic carbocycles. The van der Waals surface area contributed by atoms with Crippen LogP contribution in [0.5, 0.6) is 17.2 Å². The normalized spacial score (nSPS) is 14.6. The number of hydrogen-bond donors (Lipinski definition) is 3. The van der Waals surface area contributed by atoms with Gasteiger partial charge in [-0.15, -0.1) is 0 Å². The van der Waals surface area contributed by atoms with E-state index < -0.39 is 6.10 Å². The lowest BCUT2D eigenvalue weighted by atomic mass is 10.1. The van der Waals surface area contributed by atoms with Crippen LogP contribution in [0.3, 0.4) is 0 Å². The molecule has 3 aromatic rings. The molecule has 25 heavy (non-hydrogen) atoms. The van der Waals surface area contributed by atoms with Crippen LogP contribution >= 0.6 is 0 Å². The Labute approximate surface area is 144 Å². The molecule has 7 heteroatoms. The van der Waals surface area contributed by atoms with Crippen molar-refractivity contribution in [3.8, 4) is 17.2 Å². The number of nitrogens with zero attached hydrogens (tertiary/aromatic N) is 1. The summed E-state index contributed by atoms with van der Waals surface area (Å²) in [6.45, 7) is 4.98. The van der Waals surface area contributed by atoms with E-state index in [0.29, 0.717) is 18.3 Å². The van der Waals surface area contributed by atoms with Crippen LogP contribution in [0, 0.1) is 0 Å². The Balaban J connectivity index is 1.64. The number of nitrogens with one attached hydrogen (secondary N) is 2. The summed E-state index contributed by atoms with van der Waals surface area (Å²) in [5.74, 6) is 2.08. The molecule has 0 amide bonds. The van der Waals surface area contributed by atoms with Gasteiger partial charge in [-0.25, -0.2) is 0 Å². The molecule has 1 unspecified atom stereocenters. The summed E-state index contributed by atoms with van der Waals surface area (Å²) in [5.41, 5.74) is 1.80. The molecule has 1 aliphatic rings. The second-order valence-electron chi connectivity index (χ2n) is 6.46. The number of ether oxygens (including phenoxy) is 3. The van der Waals surface area contributed by atoms with E-state index in [1.54, 1.807) is 12.4 Å². The van der Waals surface area contributed by atoms with Gasteiger partial charge >= 0.3 is 0 Å². The minimum Gasteiger partial charge on any atom is -0.488 e. The van der Waals surface area contributed by atoms with Crippen LogP contribution < -0.4 is 19.5 Å². The van der Waals surface area contributed by atoms with Crippen molar-refractivity contribution in [2.75, 3.05) is 19.9 Å². The van der Waals surface area contributed by atoms with Crippen LogP contribution in [0.4, 0.5) is 0 Å². The van der Waals surface area contributed by atoms with Gasteiger partial charge in [-0.1, -0.05) is 13.8 Å². The first-order valence-corrected chi connectivity index (χ1v) is 8.35. The standard InChI is InChI=1S/C18H21N3O4/c1-10(2)20-5-11(22)8-23-17-7-19-6-14-18(17)12-3-15-16(25-9-24-15)4-13(12)21-14/h3-4,6-7,10-11,20-22H,5,8-9H2,1-2H3. The molecule has 3 heterocycles. The van der Waals surface area contributed by atoms with Crippen molar-refractivity contribution in [2.45, 2.75) is 26.0 Å². The fourth-order valence-electron chi connectivity index (χ4n) is 2.94. The van der Waals surface area contributed by atoms with Gasteiger partial charge < -0.3 is 29.6 Å². The first kappa shape index (κ1) is 16.0. The number of aromatic amines is 1. The minimum absolute atomic E-state index is 0.192. The van der Waals surface area contributed by atoms with Gasteiger partial charge in [0.15, 0.2) is 11.5 Å². The Kier molecular flexibility index (Phi) is 4.10. The van der Waals surface area contributed by atoms with Gasteiger partial charge in [0, 0.05) is 24.0 Å². The van der Waals surface area contributed by atoms with Crippen molar-refractivity contribution in [3.05, 3.63) is 24.5 Å². The molecule has 0 radical (unpaired) electrons. The Morgan fingerprint density at radius 1 is 1.24 bits per heavy atom. The van der Waals surface area contributed by atoms with Crippen molar-refractivity contribution >= 4 is 21.8 Å². The average Bonchev–Trinajstić information content (AvgIpc) is 3.19. The van der Waals surface area contributed by atoms with Crippen molar-refractivity contribution < 1.29 is 19.3 Å². The molecule has 132 valence electrons. The van der Waals surface area contributed by atoms with Gasteiger partial charge in [-0.3, -0.25) is 4.98 Å². The first-order valence-electron chi connectivity index (χ1n) is 8.35. The van der Waals surface area contributed by atoms with Crippen LogP contribution in [0.15, 0.2) is 24.5 Å². The van der Waals surface area contributed by atoms with Crippen molar-refractivity contribution in [1.29, 1.82) is 0 Å². The fourth-order valence-corrected chi connectivity index (χ4v) is 2.94. The SMILES string of the molecule is CC(C)NCC(O)COc1cncc2[nH]c3cc4c(cc3c12)OCO4. The van der Waals surface area contributed by atoms with Gasteiger partial charge in [0.1, 0.15) is 18.5 Å². The van der Waals surface area contributed by atoms with Crippen LogP contribution in [0.1, 0.15) is 13.8 Å². The smallest absolute Gasteiger partial charge is 0.231 e. The van der Waals surface area contributed by atoms with E-state index >= 15 is 0 Å². The largest absolute Gasteiger partial charge is 0.488 e. The summed E-state index contributed by atoms with van der Waals surface area (Å²) in [4.78, 5) is 7.55. The summed E-state index contributed by atoms with van der Waals surface area (Å²) in [7, 11) is 0. The third-order valence-electron chi connectivity index (χ3n) is 4.16. The van der Waals surface area contributed by atoms with Gasteiger partial charge in [0.2, 0.25) is 6.79 Å². The zero-order valence-corrected chi connectivity index (χ0v) is 14.2. The number of fused-ring (bicyclic) bond motifs is 4. The van der Waals surface area contributed by atoms with Crippen LogP contribution in [0.25, 0.3) is 21.8 Å². The Bertz CT molecular complexity index is 906. The molecule has 7 nitrogen and oxygen atoms in total. The summed E-state index contributed by atoms with van der Waals surface area (Å²) in [6.07, 6.45) is 2.83. The first-order chi connectivity index (χ1) is 12.1. The van der Waals surface area contributed by atoms with Gasteiger partial charge in [-0.05, 0) is 6.07 Å². The molecule has 3 N–H and O–H groups in total. The number of rotatable bonds is 6. The van der Waals surface area contributed by atoms with E-state index in [1.165, 1.54) is 0 Å². The second-order valence-corrected chi connectivity index (χ2v) is 6.46. The van der Waals surface area contributed by atoms with Crippen molar-refractivity contribution in [1.82, 2.24) is 15.3 Å². The van der Waals surface area contributed by atoms with E-state index in [0.717, 1.165) is 33.3 Å². The van der Waals surface area contributed by atoms with Crippen LogP contribution in [-0.2, 0) is 0 Å². The van der Waals surface area contributed by atoms with Crippen molar-refractivity contribution in [3.63, 3.8) is 0 Å². The molecule has 0 saturated carbocycles. The second kappa shape index (κ2) is 6.42. The topological polar surface area (TPSA) is 88.6 Å². The molecule has 0 spiro atoms. The Hall–Kier alpha value is -2.51. The maximum atomic E-state index is 10.1. The highest BCUT2D eigenvalue weighted by Crippen LogP contribution is 2.40. The third-order valence-corrected chi connectivity index (χ3v) is 4.16. The lowest BCUT2D eigenvalue weighted by Gasteiger charge is -2.15. The van der Waals surface area contributed by atoms with Gasteiger partial charge in [0.05, 0.1) is 28.8 Å². The quantitative estimate of drug-likeness (QED) is 0.636. The number of benzene rings is 1. The predicted octanol–water partition coefficient (Wildman–Crippen LogP) is 2.18. The summed E-state index contributed by atoms with van der Waals surface area (Å²) >= 11 is 0. The number of aliphatic hydroxyl groups excluding tert-OH is 1. The number of H-pyrrole nitrogens is 1. The third kappa shape index (κ3) is 3.08. The Morgan fingerprint density at radius 3 is 2.84 bits per heavy atom. The lowest BCUT2D eigenvalue weighted by Crippen LogP contribution is -2.35. The van der Waals surface area contributed by atoms with Crippen molar-refractivity contribution in [2.24, 2.45) is 0 Å². The maximum absolute atomic E-state index is 10.1. The zero-order chi connectivity index (χ0) is 17.4. The molecule has 0 bridgehead atoms. The molecular weight excluding hydrogens is 322 g/mol. The maximum Gasteiger partial charge on any atom is 0.231 e. The summed E-state index contributed by atoms with van der Waals surface area (Å²) < 4.78 is 16.8. The Morgan fingerprint density at radius 2 is 2.04 bits per heavy atom. The lowest BCUT2D eigenvalue weighted by molar-refractivity contribution is 0.105. The number of pyridine rings is 1. The van der Waals surface area contributed by atoms with E-state index in [1.807, 2.05) is 26.0 Å². The molecular formula is C18H21N3O4. The summed E-state index contributed by atoms with van der Waals surface area (Å²) in [6, 6.07) is 4.18. The molecule has 1 atom stereocenters. The minimum atomic E-state index is -0.594. The highest BCUT2D eigenvalue weighted by molar-refractivity contribution is 6.11. The average molecular weight is 343 g/mol. The molecule has 0 saturated heterocycles. The number of aliphatic hydroxyl groups is 1. The highest BCUT2D eigenvalue weighted by Gasteiger charge is 2.19. The molecule has 4 rings (SSSR count). The van der Waals surface area contributed by atoms with E-state index in [-0.39, 0.29) is 13.4 Å². The van der Waals surface area contributed by atoms with Gasteiger partial charge in [0.25, 0.3) is 0 Å². The van der Waals surface area contributed by atoms with E-state index in [9.17, 15) is 5.11 Å². The highest BCUT2D eigenvalue weighted by atomic mass is 16.7. The molecule has 2 aromatic heterocycles. The molecule has 0 fully saturated rings.